The first-order valence-electron chi connectivity index (χ1n) is 7.03. The van der Waals surface area contributed by atoms with Gasteiger partial charge in [-0.05, 0) is 24.5 Å². The van der Waals surface area contributed by atoms with E-state index in [9.17, 15) is 9.90 Å². The lowest BCUT2D eigenvalue weighted by molar-refractivity contribution is -0.128. The second-order valence-electron chi connectivity index (χ2n) is 5.42. The topological polar surface area (TPSA) is 43.8 Å². The number of carbonyl (C=O) groups is 1. The van der Waals surface area contributed by atoms with Gasteiger partial charge in [-0.25, -0.2) is 0 Å². The molecule has 2 aliphatic heterocycles. The Hall–Kier alpha value is -1.55. The molecule has 4 nitrogen and oxygen atoms in total. The highest BCUT2D eigenvalue weighted by molar-refractivity contribution is 5.78. The Morgan fingerprint density at radius 3 is 2.68 bits per heavy atom. The van der Waals surface area contributed by atoms with Gasteiger partial charge in [0.05, 0.1) is 6.10 Å². The van der Waals surface area contributed by atoms with E-state index in [-0.39, 0.29) is 5.91 Å². The number of hydrogen-bond acceptors (Lipinski definition) is 3. The highest BCUT2D eigenvalue weighted by Crippen LogP contribution is 2.27. The molecule has 1 aromatic carbocycles. The Kier molecular flexibility index (Phi) is 3.42. The minimum atomic E-state index is -0.465. The standard InChI is InChI=1S/C15H20N2O2/c18-13(11-17-8-3-6-15(17)19)10-16-9-7-12-4-1-2-5-14(12)16/h1-2,4-5,13,18H,3,6-11H2. The predicted molar refractivity (Wildman–Crippen MR) is 74.2 cm³/mol. The Bertz CT molecular complexity index is 475. The molecule has 1 atom stereocenters. The summed E-state index contributed by atoms with van der Waals surface area (Å²) in [5.41, 5.74) is 2.58. The largest absolute Gasteiger partial charge is 0.389 e. The molecular weight excluding hydrogens is 240 g/mol. The Morgan fingerprint density at radius 2 is 1.89 bits per heavy atom. The lowest BCUT2D eigenvalue weighted by atomic mass is 10.2. The minimum Gasteiger partial charge on any atom is -0.389 e. The summed E-state index contributed by atoms with van der Waals surface area (Å²) in [6, 6.07) is 8.34. The van der Waals surface area contributed by atoms with Crippen molar-refractivity contribution in [2.45, 2.75) is 25.4 Å². The summed E-state index contributed by atoms with van der Waals surface area (Å²) in [4.78, 5) is 15.6. The van der Waals surface area contributed by atoms with Crippen molar-refractivity contribution in [1.29, 1.82) is 0 Å². The molecule has 0 aromatic heterocycles. The van der Waals surface area contributed by atoms with Crippen LogP contribution >= 0.6 is 0 Å². The maximum absolute atomic E-state index is 11.5. The molecule has 1 fully saturated rings. The Balaban J connectivity index is 1.58. The molecular formula is C15H20N2O2. The van der Waals surface area contributed by atoms with Crippen LogP contribution in [0.3, 0.4) is 0 Å². The van der Waals surface area contributed by atoms with Gasteiger partial charge in [0, 0.05) is 38.3 Å². The van der Waals surface area contributed by atoms with Gasteiger partial charge in [-0.2, -0.15) is 0 Å². The van der Waals surface area contributed by atoms with Crippen molar-refractivity contribution in [3.05, 3.63) is 29.8 Å². The third-order valence-corrected chi connectivity index (χ3v) is 4.02. The lowest BCUT2D eigenvalue weighted by Crippen LogP contribution is -2.40. The number of nitrogens with zero attached hydrogens (tertiary/aromatic N) is 2. The fourth-order valence-electron chi connectivity index (χ4n) is 3.06. The van der Waals surface area contributed by atoms with Crippen molar-refractivity contribution in [3.63, 3.8) is 0 Å². The van der Waals surface area contributed by atoms with E-state index >= 15 is 0 Å². The molecule has 4 heteroatoms. The monoisotopic (exact) mass is 260 g/mol. The Morgan fingerprint density at radius 1 is 1.11 bits per heavy atom. The number of anilines is 1. The average molecular weight is 260 g/mol. The quantitative estimate of drug-likeness (QED) is 0.879. The summed E-state index contributed by atoms with van der Waals surface area (Å²) < 4.78 is 0. The maximum Gasteiger partial charge on any atom is 0.222 e. The predicted octanol–water partition coefficient (Wildman–Crippen LogP) is 1.03. The van der Waals surface area contributed by atoms with E-state index in [2.05, 4.69) is 23.1 Å². The number of likely N-dealkylation sites (tertiary alicyclic amines) is 1. The number of hydrogen-bond donors (Lipinski definition) is 1. The summed E-state index contributed by atoms with van der Waals surface area (Å²) in [6.45, 7) is 2.84. The van der Waals surface area contributed by atoms with Crippen molar-refractivity contribution in [2.24, 2.45) is 0 Å². The minimum absolute atomic E-state index is 0.181. The van der Waals surface area contributed by atoms with Gasteiger partial charge in [-0.15, -0.1) is 0 Å². The number of β-amino-alcohol motifs (C(OH)–C–C–N with tert-alkyl or cyclic N) is 1. The van der Waals surface area contributed by atoms with Crippen LogP contribution in [-0.2, 0) is 11.2 Å². The second kappa shape index (κ2) is 5.21. The van der Waals surface area contributed by atoms with Crippen LogP contribution in [0.4, 0.5) is 5.69 Å². The Labute approximate surface area is 113 Å². The van der Waals surface area contributed by atoms with Crippen LogP contribution in [-0.4, -0.2) is 48.2 Å². The van der Waals surface area contributed by atoms with Crippen LogP contribution in [0.5, 0.6) is 0 Å². The normalized spacial score (nSPS) is 19.9. The number of amides is 1. The summed E-state index contributed by atoms with van der Waals surface area (Å²) in [6.07, 6.45) is 2.15. The molecule has 1 unspecified atom stereocenters. The molecule has 3 rings (SSSR count). The van der Waals surface area contributed by atoms with Crippen molar-refractivity contribution >= 4 is 11.6 Å². The lowest BCUT2D eigenvalue weighted by Gasteiger charge is -2.26. The fourth-order valence-corrected chi connectivity index (χ4v) is 3.06. The molecule has 0 spiro atoms. The van der Waals surface area contributed by atoms with E-state index in [1.165, 1.54) is 11.3 Å². The smallest absolute Gasteiger partial charge is 0.222 e. The van der Waals surface area contributed by atoms with E-state index < -0.39 is 6.10 Å². The van der Waals surface area contributed by atoms with E-state index in [1.54, 1.807) is 4.90 Å². The zero-order valence-electron chi connectivity index (χ0n) is 11.1. The van der Waals surface area contributed by atoms with Crippen LogP contribution in [0.25, 0.3) is 0 Å². The number of aliphatic hydroxyl groups is 1. The molecule has 1 N–H and O–H groups in total. The molecule has 2 aliphatic rings. The van der Waals surface area contributed by atoms with Crippen molar-refractivity contribution in [1.82, 2.24) is 4.90 Å². The van der Waals surface area contributed by atoms with Crippen LogP contribution < -0.4 is 4.90 Å². The molecule has 2 heterocycles. The summed E-state index contributed by atoms with van der Waals surface area (Å²) in [5, 5.41) is 10.2. The molecule has 1 amide bonds. The first-order valence-corrected chi connectivity index (χ1v) is 7.03. The van der Waals surface area contributed by atoms with Crippen molar-refractivity contribution in [3.8, 4) is 0 Å². The van der Waals surface area contributed by atoms with Crippen LogP contribution in [0.1, 0.15) is 18.4 Å². The van der Waals surface area contributed by atoms with Crippen LogP contribution in [0.15, 0.2) is 24.3 Å². The third-order valence-electron chi connectivity index (χ3n) is 4.02. The molecule has 19 heavy (non-hydrogen) atoms. The van der Waals surface area contributed by atoms with Gasteiger partial charge >= 0.3 is 0 Å². The maximum atomic E-state index is 11.5. The average Bonchev–Trinajstić information content (AvgIpc) is 2.98. The molecule has 0 aliphatic carbocycles. The highest BCUT2D eigenvalue weighted by atomic mass is 16.3. The van der Waals surface area contributed by atoms with Gasteiger partial charge in [-0.3, -0.25) is 4.79 Å². The first kappa shape index (κ1) is 12.5. The second-order valence-corrected chi connectivity index (χ2v) is 5.42. The number of fused-ring (bicyclic) bond motifs is 1. The van der Waals surface area contributed by atoms with Gasteiger partial charge in [-0.1, -0.05) is 18.2 Å². The summed E-state index contributed by atoms with van der Waals surface area (Å²) in [5.74, 6) is 0.181. The van der Waals surface area contributed by atoms with E-state index in [4.69, 9.17) is 0 Å². The fraction of sp³-hybridized carbons (Fsp3) is 0.533. The zero-order valence-corrected chi connectivity index (χ0v) is 11.1. The molecule has 0 saturated carbocycles. The van der Waals surface area contributed by atoms with Crippen molar-refractivity contribution < 1.29 is 9.90 Å². The number of carbonyl (C=O) groups excluding carboxylic acids is 1. The SMILES string of the molecule is O=C1CCCN1CC(O)CN1CCc2ccccc21. The molecule has 0 bridgehead atoms. The first-order chi connectivity index (χ1) is 9.24. The van der Waals surface area contributed by atoms with Gasteiger partial charge in [0.15, 0.2) is 0 Å². The van der Waals surface area contributed by atoms with E-state index in [1.807, 2.05) is 6.07 Å². The molecule has 102 valence electrons. The zero-order chi connectivity index (χ0) is 13.2. The molecule has 0 radical (unpaired) electrons. The highest BCUT2D eigenvalue weighted by Gasteiger charge is 2.25. The molecule has 1 saturated heterocycles. The van der Waals surface area contributed by atoms with Crippen LogP contribution in [0.2, 0.25) is 0 Å². The number of aliphatic hydroxyl groups excluding tert-OH is 1. The molecule has 1 aromatic rings. The van der Waals surface area contributed by atoms with Crippen molar-refractivity contribution in [2.75, 3.05) is 31.1 Å². The third kappa shape index (κ3) is 2.59. The van der Waals surface area contributed by atoms with Gasteiger partial charge in [0.2, 0.25) is 5.91 Å². The van der Waals surface area contributed by atoms with Gasteiger partial charge < -0.3 is 14.9 Å². The number of rotatable bonds is 4. The van der Waals surface area contributed by atoms with E-state index in [0.717, 1.165) is 25.9 Å². The van der Waals surface area contributed by atoms with Gasteiger partial charge in [0.25, 0.3) is 0 Å². The van der Waals surface area contributed by atoms with Gasteiger partial charge in [0.1, 0.15) is 0 Å². The van der Waals surface area contributed by atoms with Crippen LogP contribution in [0, 0.1) is 0 Å². The summed E-state index contributed by atoms with van der Waals surface area (Å²) >= 11 is 0. The summed E-state index contributed by atoms with van der Waals surface area (Å²) in [7, 11) is 0. The number of para-hydroxylation sites is 1. The van der Waals surface area contributed by atoms with E-state index in [0.29, 0.717) is 19.5 Å². The number of benzene rings is 1.